The van der Waals surface area contributed by atoms with Gasteiger partial charge in [-0.05, 0) is 23.7 Å². The number of nitrogens with zero attached hydrogens (tertiary/aromatic N) is 4. The van der Waals surface area contributed by atoms with Gasteiger partial charge in [0, 0.05) is 33.9 Å². The molecule has 136 valence electrons. The van der Waals surface area contributed by atoms with Crippen molar-refractivity contribution in [2.45, 2.75) is 0 Å². The van der Waals surface area contributed by atoms with Crippen LogP contribution in [0.3, 0.4) is 0 Å². The number of anilines is 2. The van der Waals surface area contributed by atoms with Crippen molar-refractivity contribution in [2.75, 3.05) is 19.5 Å². The van der Waals surface area contributed by atoms with E-state index in [1.807, 2.05) is 0 Å². The van der Waals surface area contributed by atoms with Crippen molar-refractivity contribution >= 4 is 33.9 Å². The molecule has 0 fully saturated rings. The fraction of sp³-hybridized carbons (Fsp3) is 0.111. The number of aromatic carboxylic acids is 1. The minimum atomic E-state index is -1.13. The van der Waals surface area contributed by atoms with Gasteiger partial charge in [-0.1, -0.05) is 17.2 Å². The molecule has 0 saturated carbocycles. The van der Waals surface area contributed by atoms with Crippen LogP contribution in [0.2, 0.25) is 0 Å². The van der Waals surface area contributed by atoms with Gasteiger partial charge in [-0.25, -0.2) is 4.79 Å². The molecule has 2 N–H and O–H groups in total. The highest BCUT2D eigenvalue weighted by Gasteiger charge is 2.17. The SMILES string of the molecule is COc1cc2ncc(C(=O)O)c(Nc3cccc(N=[N+]=[N-])c3)c2cc1OC. The Morgan fingerprint density at radius 3 is 2.63 bits per heavy atom. The maximum absolute atomic E-state index is 11.7. The van der Waals surface area contributed by atoms with E-state index in [1.165, 1.54) is 20.4 Å². The third-order valence-electron chi connectivity index (χ3n) is 3.88. The first-order valence-electron chi connectivity index (χ1n) is 7.77. The van der Waals surface area contributed by atoms with Crippen LogP contribution in [-0.2, 0) is 0 Å². The third kappa shape index (κ3) is 3.53. The zero-order valence-electron chi connectivity index (χ0n) is 14.5. The van der Waals surface area contributed by atoms with Crippen LogP contribution in [0.5, 0.6) is 11.5 Å². The van der Waals surface area contributed by atoms with Crippen LogP contribution in [0.1, 0.15) is 10.4 Å². The van der Waals surface area contributed by atoms with E-state index in [0.717, 1.165) is 0 Å². The molecule has 0 amide bonds. The summed E-state index contributed by atoms with van der Waals surface area (Å²) in [6.45, 7) is 0. The lowest BCUT2D eigenvalue weighted by atomic mass is 10.1. The second kappa shape index (κ2) is 7.51. The van der Waals surface area contributed by atoms with E-state index in [1.54, 1.807) is 36.4 Å². The number of benzene rings is 2. The lowest BCUT2D eigenvalue weighted by Crippen LogP contribution is -2.05. The van der Waals surface area contributed by atoms with Crippen LogP contribution in [0.25, 0.3) is 21.3 Å². The van der Waals surface area contributed by atoms with Crippen LogP contribution >= 0.6 is 0 Å². The van der Waals surface area contributed by atoms with E-state index < -0.39 is 5.97 Å². The number of nitrogens with one attached hydrogen (secondary N) is 1. The highest BCUT2D eigenvalue weighted by Crippen LogP contribution is 2.37. The zero-order chi connectivity index (χ0) is 19.4. The second-order valence-electron chi connectivity index (χ2n) is 5.44. The van der Waals surface area contributed by atoms with E-state index in [2.05, 4.69) is 20.3 Å². The van der Waals surface area contributed by atoms with Gasteiger partial charge in [0.1, 0.15) is 5.56 Å². The Kier molecular flexibility index (Phi) is 4.96. The maximum atomic E-state index is 11.7. The summed E-state index contributed by atoms with van der Waals surface area (Å²) in [5.41, 5.74) is 10.4. The van der Waals surface area contributed by atoms with E-state index in [4.69, 9.17) is 15.0 Å². The summed E-state index contributed by atoms with van der Waals surface area (Å²) < 4.78 is 10.6. The summed E-state index contributed by atoms with van der Waals surface area (Å²) in [5.74, 6) is -0.204. The summed E-state index contributed by atoms with van der Waals surface area (Å²) in [4.78, 5) is 18.7. The molecule has 0 atom stereocenters. The molecule has 0 aliphatic rings. The van der Waals surface area contributed by atoms with Gasteiger partial charge >= 0.3 is 5.97 Å². The van der Waals surface area contributed by atoms with Crippen molar-refractivity contribution in [1.82, 2.24) is 4.98 Å². The quantitative estimate of drug-likeness (QED) is 0.372. The average molecular weight is 365 g/mol. The Morgan fingerprint density at radius 1 is 1.22 bits per heavy atom. The van der Waals surface area contributed by atoms with E-state index in [0.29, 0.717) is 39.5 Å². The summed E-state index contributed by atoms with van der Waals surface area (Å²) in [5, 5.41) is 16.7. The predicted molar refractivity (Wildman–Crippen MR) is 100 cm³/mol. The van der Waals surface area contributed by atoms with Crippen LogP contribution in [-0.4, -0.2) is 30.3 Å². The topological polar surface area (TPSA) is 129 Å². The second-order valence-corrected chi connectivity index (χ2v) is 5.44. The standard InChI is InChI=1S/C18H15N5O4/c1-26-15-7-12-14(8-16(15)27-2)20-9-13(18(24)25)17(12)21-10-4-3-5-11(6-10)22-23-19/h3-9H,1-2H3,(H,20,21)(H,24,25). The summed E-state index contributed by atoms with van der Waals surface area (Å²) in [6, 6.07) is 10.0. The highest BCUT2D eigenvalue weighted by molar-refractivity contribution is 6.06. The lowest BCUT2D eigenvalue weighted by Gasteiger charge is -2.15. The molecule has 1 aromatic heterocycles. The number of carboxylic acid groups (broad SMARTS) is 1. The largest absolute Gasteiger partial charge is 0.493 e. The van der Waals surface area contributed by atoms with E-state index in [9.17, 15) is 9.90 Å². The fourth-order valence-electron chi connectivity index (χ4n) is 2.66. The number of hydrogen-bond acceptors (Lipinski definition) is 6. The first kappa shape index (κ1) is 17.8. The monoisotopic (exact) mass is 365 g/mol. The van der Waals surface area contributed by atoms with Crippen molar-refractivity contribution in [1.29, 1.82) is 0 Å². The molecule has 0 radical (unpaired) electrons. The Balaban J connectivity index is 2.21. The average Bonchev–Trinajstić information content (AvgIpc) is 2.67. The van der Waals surface area contributed by atoms with Crippen molar-refractivity contribution in [2.24, 2.45) is 5.11 Å². The number of pyridine rings is 1. The predicted octanol–water partition coefficient (Wildman–Crippen LogP) is 4.64. The molecule has 27 heavy (non-hydrogen) atoms. The van der Waals surface area contributed by atoms with Gasteiger partial charge in [0.15, 0.2) is 11.5 Å². The molecule has 3 aromatic rings. The van der Waals surface area contributed by atoms with Crippen LogP contribution in [0, 0.1) is 0 Å². The van der Waals surface area contributed by atoms with Crippen molar-refractivity contribution < 1.29 is 19.4 Å². The summed E-state index contributed by atoms with van der Waals surface area (Å²) >= 11 is 0. The van der Waals surface area contributed by atoms with E-state index >= 15 is 0 Å². The van der Waals surface area contributed by atoms with Gasteiger partial charge in [0.25, 0.3) is 0 Å². The number of azide groups is 1. The number of fused-ring (bicyclic) bond motifs is 1. The van der Waals surface area contributed by atoms with Crippen LogP contribution in [0.4, 0.5) is 17.1 Å². The molecule has 0 spiro atoms. The van der Waals surface area contributed by atoms with Gasteiger partial charge < -0.3 is 19.9 Å². The Bertz CT molecular complexity index is 1080. The lowest BCUT2D eigenvalue weighted by molar-refractivity contribution is 0.0697. The van der Waals surface area contributed by atoms with E-state index in [-0.39, 0.29) is 5.56 Å². The summed E-state index contributed by atoms with van der Waals surface area (Å²) in [6.07, 6.45) is 1.27. The summed E-state index contributed by atoms with van der Waals surface area (Å²) in [7, 11) is 3.00. The minimum Gasteiger partial charge on any atom is -0.493 e. The molecular weight excluding hydrogens is 350 g/mol. The number of rotatable bonds is 6. The molecule has 9 nitrogen and oxygen atoms in total. The molecule has 2 aromatic carbocycles. The van der Waals surface area contributed by atoms with Crippen molar-refractivity contribution in [3.63, 3.8) is 0 Å². The third-order valence-corrected chi connectivity index (χ3v) is 3.88. The van der Waals surface area contributed by atoms with Crippen molar-refractivity contribution in [3.05, 3.63) is 58.6 Å². The van der Waals surface area contributed by atoms with Gasteiger partial charge in [-0.3, -0.25) is 4.98 Å². The number of ether oxygens (including phenoxy) is 2. The number of aromatic nitrogens is 1. The molecule has 3 rings (SSSR count). The van der Waals surface area contributed by atoms with Gasteiger partial charge in [0.05, 0.1) is 25.4 Å². The number of hydrogen-bond donors (Lipinski definition) is 2. The molecule has 1 heterocycles. The number of carboxylic acids is 1. The van der Waals surface area contributed by atoms with Gasteiger partial charge in [0.2, 0.25) is 0 Å². The first-order valence-corrected chi connectivity index (χ1v) is 7.77. The molecule has 0 unspecified atom stereocenters. The molecule has 0 saturated heterocycles. The van der Waals surface area contributed by atoms with Crippen LogP contribution in [0.15, 0.2) is 47.7 Å². The Hall–Kier alpha value is -3.97. The molecule has 9 heteroatoms. The number of methoxy groups -OCH3 is 2. The molecule has 0 aliphatic heterocycles. The highest BCUT2D eigenvalue weighted by atomic mass is 16.5. The first-order chi connectivity index (χ1) is 13.1. The Morgan fingerprint density at radius 2 is 1.96 bits per heavy atom. The smallest absolute Gasteiger partial charge is 0.339 e. The normalized spacial score (nSPS) is 10.1. The molecule has 0 aliphatic carbocycles. The number of carbonyl (C=O) groups is 1. The fourth-order valence-corrected chi connectivity index (χ4v) is 2.66. The van der Waals surface area contributed by atoms with Gasteiger partial charge in [-0.2, -0.15) is 0 Å². The minimum absolute atomic E-state index is 0.0103. The van der Waals surface area contributed by atoms with Crippen LogP contribution < -0.4 is 14.8 Å². The Labute approximate surface area is 153 Å². The molecule has 0 bridgehead atoms. The van der Waals surface area contributed by atoms with Gasteiger partial charge in [-0.15, -0.1) is 0 Å². The molecular formula is C18H15N5O4. The van der Waals surface area contributed by atoms with Crippen molar-refractivity contribution in [3.8, 4) is 11.5 Å². The zero-order valence-corrected chi connectivity index (χ0v) is 14.5. The maximum Gasteiger partial charge on any atom is 0.339 e.